The molecule has 2 heterocycles. The molecule has 2 atom stereocenters. The standard InChI is InChI=1S/C25H31FN4O3S/c1-2-33-23(31)8-5-12-30-27-15-19(28-30)14-18-16-29(13-11-22(18)34)24(25(32)17-9-10-17)20-6-3-4-7-21(20)26/h3-4,6-7,14-15,17,22,24,34H,2,5,8-13,16H2,1H3. The van der Waals surface area contributed by atoms with Gasteiger partial charge >= 0.3 is 5.97 Å². The van der Waals surface area contributed by atoms with Crippen LogP contribution in [0.3, 0.4) is 0 Å². The summed E-state index contributed by atoms with van der Waals surface area (Å²) in [5, 5.41) is 8.81. The van der Waals surface area contributed by atoms with Crippen LogP contribution in [0.1, 0.15) is 56.3 Å². The maximum atomic E-state index is 14.7. The van der Waals surface area contributed by atoms with Crippen LogP contribution in [0, 0.1) is 11.7 Å². The van der Waals surface area contributed by atoms with E-state index in [9.17, 15) is 14.0 Å². The number of benzene rings is 1. The second kappa shape index (κ2) is 11.3. The predicted octanol–water partition coefficient (Wildman–Crippen LogP) is 3.87. The number of piperidine rings is 1. The van der Waals surface area contributed by atoms with Gasteiger partial charge in [-0.2, -0.15) is 27.6 Å². The third kappa shape index (κ3) is 6.13. The molecule has 1 saturated heterocycles. The van der Waals surface area contributed by atoms with Gasteiger partial charge in [-0.1, -0.05) is 18.2 Å². The number of rotatable bonds is 10. The maximum absolute atomic E-state index is 14.7. The minimum Gasteiger partial charge on any atom is -0.466 e. The molecule has 7 nitrogen and oxygen atoms in total. The van der Waals surface area contributed by atoms with Gasteiger partial charge in [0.25, 0.3) is 0 Å². The van der Waals surface area contributed by atoms with Gasteiger partial charge in [-0.25, -0.2) is 4.39 Å². The largest absolute Gasteiger partial charge is 0.466 e. The zero-order chi connectivity index (χ0) is 24.1. The molecule has 1 saturated carbocycles. The Hall–Kier alpha value is -2.52. The molecular formula is C25H31FN4O3S. The highest BCUT2D eigenvalue weighted by Crippen LogP contribution is 2.39. The SMILES string of the molecule is CCOC(=O)CCCn1ncc(C=C2CN(C(C(=O)C3CC3)c3ccccc3F)CCC2S)n1. The molecule has 1 aromatic carbocycles. The normalized spacial score (nSPS) is 20.9. The molecule has 1 aliphatic heterocycles. The second-order valence-corrected chi connectivity index (χ2v) is 9.49. The van der Waals surface area contributed by atoms with Crippen molar-refractivity contribution < 1.29 is 18.7 Å². The number of hydrogen-bond donors (Lipinski definition) is 1. The summed E-state index contributed by atoms with van der Waals surface area (Å²) >= 11 is 4.75. The van der Waals surface area contributed by atoms with Crippen LogP contribution < -0.4 is 0 Å². The molecule has 1 aliphatic carbocycles. The molecule has 34 heavy (non-hydrogen) atoms. The van der Waals surface area contributed by atoms with E-state index in [1.807, 2.05) is 6.08 Å². The van der Waals surface area contributed by atoms with Crippen LogP contribution >= 0.6 is 12.6 Å². The first-order valence-electron chi connectivity index (χ1n) is 11.9. The Balaban J connectivity index is 1.47. The Morgan fingerprint density at radius 1 is 1.29 bits per heavy atom. The van der Waals surface area contributed by atoms with Gasteiger partial charge in [0, 0.05) is 36.2 Å². The van der Waals surface area contributed by atoms with Crippen LogP contribution in [0.4, 0.5) is 4.39 Å². The van der Waals surface area contributed by atoms with Gasteiger partial charge in [0.2, 0.25) is 0 Å². The van der Waals surface area contributed by atoms with E-state index < -0.39 is 6.04 Å². The first-order chi connectivity index (χ1) is 16.5. The van der Waals surface area contributed by atoms with Crippen molar-refractivity contribution in [2.75, 3.05) is 19.7 Å². The second-order valence-electron chi connectivity index (χ2n) is 8.87. The van der Waals surface area contributed by atoms with Gasteiger partial charge in [-0.3, -0.25) is 14.5 Å². The van der Waals surface area contributed by atoms with E-state index in [0.29, 0.717) is 50.3 Å². The number of ketones is 1. The lowest BCUT2D eigenvalue weighted by atomic mass is 9.93. The lowest BCUT2D eigenvalue weighted by Crippen LogP contribution is -2.42. The van der Waals surface area contributed by atoms with E-state index in [0.717, 1.165) is 24.8 Å². The monoisotopic (exact) mass is 486 g/mol. The van der Waals surface area contributed by atoms with Crippen LogP contribution in [0.5, 0.6) is 0 Å². The Morgan fingerprint density at radius 2 is 2.09 bits per heavy atom. The first kappa shape index (κ1) is 24.6. The summed E-state index contributed by atoms with van der Waals surface area (Å²) < 4.78 is 19.6. The molecule has 2 unspecified atom stereocenters. The van der Waals surface area contributed by atoms with Crippen LogP contribution in [0.25, 0.3) is 6.08 Å². The van der Waals surface area contributed by atoms with Crippen molar-refractivity contribution in [3.63, 3.8) is 0 Å². The number of ether oxygens (including phenoxy) is 1. The highest BCUT2D eigenvalue weighted by Gasteiger charge is 2.40. The minimum atomic E-state index is -0.587. The highest BCUT2D eigenvalue weighted by atomic mass is 32.1. The van der Waals surface area contributed by atoms with Gasteiger partial charge in [0.1, 0.15) is 11.5 Å². The van der Waals surface area contributed by atoms with Gasteiger partial charge < -0.3 is 4.74 Å². The summed E-state index contributed by atoms with van der Waals surface area (Å²) in [7, 11) is 0. The van der Waals surface area contributed by atoms with Gasteiger partial charge in [-0.05, 0) is 50.3 Å². The molecule has 0 bridgehead atoms. The number of carbonyl (C=O) groups excluding carboxylic acids is 2. The number of esters is 1. The fourth-order valence-corrected chi connectivity index (χ4v) is 4.62. The molecule has 2 aromatic rings. The summed E-state index contributed by atoms with van der Waals surface area (Å²) in [6.07, 6.45) is 7.08. The van der Waals surface area contributed by atoms with E-state index in [4.69, 9.17) is 17.4 Å². The zero-order valence-electron chi connectivity index (χ0n) is 19.4. The third-order valence-electron chi connectivity index (χ3n) is 6.25. The van der Waals surface area contributed by atoms with Crippen LogP contribution in [-0.2, 0) is 20.9 Å². The molecule has 0 N–H and O–H groups in total. The zero-order valence-corrected chi connectivity index (χ0v) is 20.3. The summed E-state index contributed by atoms with van der Waals surface area (Å²) in [5.74, 6) is -0.428. The molecule has 2 fully saturated rings. The Morgan fingerprint density at radius 3 is 2.82 bits per heavy atom. The lowest BCUT2D eigenvalue weighted by molar-refractivity contribution is -0.143. The topological polar surface area (TPSA) is 77.3 Å². The van der Waals surface area contributed by atoms with Crippen molar-refractivity contribution in [2.24, 2.45) is 5.92 Å². The Labute approximate surface area is 204 Å². The molecule has 4 rings (SSSR count). The van der Waals surface area contributed by atoms with Crippen molar-refractivity contribution in [3.05, 3.63) is 53.1 Å². The van der Waals surface area contributed by atoms with Crippen molar-refractivity contribution >= 4 is 30.5 Å². The molecule has 9 heteroatoms. The highest BCUT2D eigenvalue weighted by molar-refractivity contribution is 7.81. The predicted molar refractivity (Wildman–Crippen MR) is 130 cm³/mol. The van der Waals surface area contributed by atoms with E-state index in [1.54, 1.807) is 36.1 Å². The number of halogens is 1. The minimum absolute atomic E-state index is 0.0280. The first-order valence-corrected chi connectivity index (χ1v) is 12.4. The van der Waals surface area contributed by atoms with Crippen molar-refractivity contribution in [1.29, 1.82) is 0 Å². The van der Waals surface area contributed by atoms with Gasteiger partial charge in [0.05, 0.1) is 25.4 Å². The van der Waals surface area contributed by atoms with Crippen molar-refractivity contribution in [2.45, 2.75) is 56.9 Å². The van der Waals surface area contributed by atoms with E-state index in [2.05, 4.69) is 15.1 Å². The molecule has 1 aromatic heterocycles. The number of aromatic nitrogens is 3. The quantitative estimate of drug-likeness (QED) is 0.406. The third-order valence-corrected chi connectivity index (χ3v) is 6.84. The van der Waals surface area contributed by atoms with Crippen LogP contribution in [0.2, 0.25) is 0 Å². The maximum Gasteiger partial charge on any atom is 0.305 e. The van der Waals surface area contributed by atoms with E-state index in [1.165, 1.54) is 6.07 Å². The average molecular weight is 487 g/mol. The smallest absolute Gasteiger partial charge is 0.305 e. The van der Waals surface area contributed by atoms with Crippen molar-refractivity contribution in [3.8, 4) is 0 Å². The molecule has 0 spiro atoms. The fraction of sp³-hybridized carbons (Fsp3) is 0.520. The Kier molecular flexibility index (Phi) is 8.15. The summed E-state index contributed by atoms with van der Waals surface area (Å²) in [4.78, 5) is 28.3. The number of aryl methyl sites for hydroxylation is 1. The van der Waals surface area contributed by atoms with Crippen LogP contribution in [0.15, 0.2) is 36.0 Å². The fourth-order valence-electron chi connectivity index (χ4n) is 4.35. The summed E-state index contributed by atoms with van der Waals surface area (Å²) in [5.41, 5.74) is 2.17. The van der Waals surface area contributed by atoms with Crippen LogP contribution in [-0.4, -0.2) is 56.6 Å². The average Bonchev–Trinajstić information content (AvgIpc) is 3.58. The lowest BCUT2D eigenvalue weighted by Gasteiger charge is -2.37. The number of likely N-dealkylation sites (tertiary alicyclic amines) is 1. The molecule has 182 valence electrons. The molecular weight excluding hydrogens is 455 g/mol. The molecule has 0 amide bonds. The van der Waals surface area contributed by atoms with Gasteiger partial charge in [-0.15, -0.1) is 0 Å². The Bertz CT molecular complexity index is 1050. The molecule has 0 radical (unpaired) electrons. The summed E-state index contributed by atoms with van der Waals surface area (Å²) in [6.45, 7) is 3.87. The molecule has 2 aliphatic rings. The van der Waals surface area contributed by atoms with Gasteiger partial charge in [0.15, 0.2) is 5.78 Å². The van der Waals surface area contributed by atoms with Crippen molar-refractivity contribution in [1.82, 2.24) is 19.9 Å². The number of carbonyl (C=O) groups is 2. The summed E-state index contributed by atoms with van der Waals surface area (Å²) in [6, 6.07) is 5.99. The number of thiol groups is 1. The number of Topliss-reactive ketones (excluding diaryl/α,β-unsaturated/α-hetero) is 1. The number of hydrogen-bond acceptors (Lipinski definition) is 7. The number of nitrogens with zero attached hydrogens (tertiary/aromatic N) is 4. The van der Waals surface area contributed by atoms with E-state index in [-0.39, 0.29) is 28.7 Å². The van der Waals surface area contributed by atoms with E-state index >= 15 is 0 Å².